The highest BCUT2D eigenvalue weighted by Gasteiger charge is 2.23. The quantitative estimate of drug-likeness (QED) is 0.279. The maximum absolute atomic E-state index is 5.97. The van der Waals surface area contributed by atoms with Crippen LogP contribution < -0.4 is 20.1 Å². The standard InChI is InChI=1S/C22H32N4O3S.HI/c1-17(29-19-8-6-18(27-3)7-9-19)15-24-22(23-2)25-16-20(21-5-4-14-30-21)26-10-12-28-13-11-26;/h4-9,14,17,20H,10-13,15-16H2,1-3H3,(H2,23,24,25);1H. The summed E-state index contributed by atoms with van der Waals surface area (Å²) < 4.78 is 16.7. The molecule has 172 valence electrons. The molecular formula is C22H33IN4O3S. The summed E-state index contributed by atoms with van der Waals surface area (Å²) in [6.45, 7) is 6.93. The Labute approximate surface area is 206 Å². The van der Waals surface area contributed by atoms with Crippen LogP contribution in [0, 0.1) is 0 Å². The monoisotopic (exact) mass is 560 g/mol. The largest absolute Gasteiger partial charge is 0.497 e. The zero-order chi connectivity index (χ0) is 21.2. The number of nitrogens with one attached hydrogen (secondary N) is 2. The van der Waals surface area contributed by atoms with E-state index in [0.717, 1.165) is 50.3 Å². The number of morpholine rings is 1. The number of ether oxygens (including phenoxy) is 3. The molecule has 0 spiro atoms. The first kappa shape index (κ1) is 25.7. The van der Waals surface area contributed by atoms with Gasteiger partial charge in [-0.3, -0.25) is 9.89 Å². The van der Waals surface area contributed by atoms with E-state index >= 15 is 0 Å². The van der Waals surface area contributed by atoms with Crippen LogP contribution in [0.4, 0.5) is 0 Å². The minimum Gasteiger partial charge on any atom is -0.497 e. The molecule has 1 aromatic heterocycles. The van der Waals surface area contributed by atoms with Gasteiger partial charge >= 0.3 is 0 Å². The third-order valence-electron chi connectivity index (χ3n) is 5.00. The lowest BCUT2D eigenvalue weighted by molar-refractivity contribution is 0.0177. The van der Waals surface area contributed by atoms with Crippen LogP contribution in [0.5, 0.6) is 11.5 Å². The Morgan fingerprint density at radius 3 is 2.42 bits per heavy atom. The minimum atomic E-state index is -0.00992. The molecule has 7 nitrogen and oxygen atoms in total. The van der Waals surface area contributed by atoms with Crippen molar-refractivity contribution < 1.29 is 14.2 Å². The van der Waals surface area contributed by atoms with Crippen LogP contribution in [-0.4, -0.2) is 70.5 Å². The fraction of sp³-hybridized carbons (Fsp3) is 0.500. The number of halogens is 1. The topological polar surface area (TPSA) is 67.4 Å². The molecule has 0 saturated carbocycles. The van der Waals surface area contributed by atoms with E-state index in [1.165, 1.54) is 4.88 Å². The van der Waals surface area contributed by atoms with Crippen molar-refractivity contribution in [2.45, 2.75) is 19.1 Å². The van der Waals surface area contributed by atoms with Crippen LogP contribution in [-0.2, 0) is 4.74 Å². The van der Waals surface area contributed by atoms with Crippen LogP contribution in [0.2, 0.25) is 0 Å². The molecule has 2 atom stereocenters. The second-order valence-corrected chi connectivity index (χ2v) is 8.10. The average molecular weight is 561 g/mol. The molecule has 1 aromatic carbocycles. The fourth-order valence-corrected chi connectivity index (χ4v) is 4.22. The predicted octanol–water partition coefficient (Wildman–Crippen LogP) is 3.38. The number of benzene rings is 1. The Hall–Kier alpha value is -1.56. The lowest BCUT2D eigenvalue weighted by Crippen LogP contribution is -2.47. The molecule has 2 N–H and O–H groups in total. The van der Waals surface area contributed by atoms with Gasteiger partial charge in [0.1, 0.15) is 17.6 Å². The molecule has 1 aliphatic rings. The highest BCUT2D eigenvalue weighted by Crippen LogP contribution is 2.25. The highest BCUT2D eigenvalue weighted by molar-refractivity contribution is 14.0. The number of rotatable bonds is 9. The maximum atomic E-state index is 5.97. The summed E-state index contributed by atoms with van der Waals surface area (Å²) >= 11 is 1.79. The molecule has 2 heterocycles. The van der Waals surface area contributed by atoms with E-state index < -0.39 is 0 Å². The normalized spacial score (nSPS) is 16.7. The molecule has 9 heteroatoms. The first-order chi connectivity index (χ1) is 14.7. The zero-order valence-corrected chi connectivity index (χ0v) is 21.5. The second kappa shape index (κ2) is 13.8. The average Bonchev–Trinajstić information content (AvgIpc) is 3.32. The Morgan fingerprint density at radius 2 is 1.81 bits per heavy atom. The van der Waals surface area contributed by atoms with Crippen molar-refractivity contribution in [3.8, 4) is 11.5 Å². The van der Waals surface area contributed by atoms with Gasteiger partial charge in [-0.05, 0) is 42.6 Å². The molecule has 0 bridgehead atoms. The molecule has 1 fully saturated rings. The van der Waals surface area contributed by atoms with Crippen molar-refractivity contribution in [1.82, 2.24) is 15.5 Å². The molecule has 1 aliphatic heterocycles. The van der Waals surface area contributed by atoms with Gasteiger partial charge in [0.25, 0.3) is 0 Å². The SMILES string of the molecule is CN=C(NCC(C)Oc1ccc(OC)cc1)NCC(c1cccs1)N1CCOCC1.I. The summed E-state index contributed by atoms with van der Waals surface area (Å²) in [4.78, 5) is 8.21. The van der Waals surface area contributed by atoms with Gasteiger partial charge in [-0.1, -0.05) is 6.07 Å². The lowest BCUT2D eigenvalue weighted by atomic mass is 10.2. The Kier molecular flexibility index (Phi) is 11.4. The number of methoxy groups -OCH3 is 1. The smallest absolute Gasteiger partial charge is 0.191 e. The van der Waals surface area contributed by atoms with Crippen LogP contribution in [0.15, 0.2) is 46.8 Å². The van der Waals surface area contributed by atoms with Gasteiger partial charge in [0, 0.05) is 31.6 Å². The molecule has 2 aromatic rings. The summed E-state index contributed by atoms with van der Waals surface area (Å²) in [5, 5.41) is 8.98. The summed E-state index contributed by atoms with van der Waals surface area (Å²) in [7, 11) is 3.45. The van der Waals surface area contributed by atoms with Crippen molar-refractivity contribution >= 4 is 41.3 Å². The van der Waals surface area contributed by atoms with Crippen LogP contribution in [0.3, 0.4) is 0 Å². The van der Waals surface area contributed by atoms with E-state index in [9.17, 15) is 0 Å². The van der Waals surface area contributed by atoms with E-state index in [1.807, 2.05) is 31.2 Å². The molecule has 2 unspecified atom stereocenters. The number of aliphatic imine (C=N–C) groups is 1. The first-order valence-electron chi connectivity index (χ1n) is 10.3. The van der Waals surface area contributed by atoms with Gasteiger partial charge in [-0.25, -0.2) is 0 Å². The van der Waals surface area contributed by atoms with Crippen molar-refractivity contribution in [2.24, 2.45) is 4.99 Å². The van der Waals surface area contributed by atoms with Gasteiger partial charge in [-0.2, -0.15) is 0 Å². The molecule has 1 saturated heterocycles. The zero-order valence-electron chi connectivity index (χ0n) is 18.4. The fourth-order valence-electron chi connectivity index (χ4n) is 3.36. The maximum Gasteiger partial charge on any atom is 0.191 e. The van der Waals surface area contributed by atoms with Gasteiger partial charge in [0.05, 0.1) is 32.9 Å². The second-order valence-electron chi connectivity index (χ2n) is 7.12. The van der Waals surface area contributed by atoms with Gasteiger partial charge < -0.3 is 24.8 Å². The summed E-state index contributed by atoms with van der Waals surface area (Å²) in [5.74, 6) is 2.41. The number of nitrogens with zero attached hydrogens (tertiary/aromatic N) is 2. The Bertz CT molecular complexity index is 768. The van der Waals surface area contributed by atoms with Crippen molar-refractivity contribution in [3.05, 3.63) is 46.7 Å². The van der Waals surface area contributed by atoms with Crippen molar-refractivity contribution in [1.29, 1.82) is 0 Å². The van der Waals surface area contributed by atoms with E-state index in [-0.39, 0.29) is 30.1 Å². The van der Waals surface area contributed by atoms with Gasteiger partial charge in [-0.15, -0.1) is 35.3 Å². The van der Waals surface area contributed by atoms with E-state index in [4.69, 9.17) is 14.2 Å². The van der Waals surface area contributed by atoms with E-state index in [0.29, 0.717) is 12.6 Å². The predicted molar refractivity (Wildman–Crippen MR) is 137 cm³/mol. The molecule has 0 radical (unpaired) electrons. The minimum absolute atomic E-state index is 0. The van der Waals surface area contributed by atoms with Crippen molar-refractivity contribution in [2.75, 3.05) is 53.6 Å². The van der Waals surface area contributed by atoms with E-state index in [2.05, 4.69) is 38.0 Å². The number of guanidine groups is 1. The van der Waals surface area contributed by atoms with E-state index in [1.54, 1.807) is 25.5 Å². The third kappa shape index (κ3) is 8.13. The van der Waals surface area contributed by atoms with Gasteiger partial charge in [0.2, 0.25) is 0 Å². The highest BCUT2D eigenvalue weighted by atomic mass is 127. The van der Waals surface area contributed by atoms with Crippen LogP contribution in [0.25, 0.3) is 0 Å². The van der Waals surface area contributed by atoms with Crippen molar-refractivity contribution in [3.63, 3.8) is 0 Å². The molecular weight excluding hydrogens is 527 g/mol. The first-order valence-corrected chi connectivity index (χ1v) is 11.2. The number of hydrogen-bond acceptors (Lipinski definition) is 6. The lowest BCUT2D eigenvalue weighted by Gasteiger charge is -2.34. The molecule has 31 heavy (non-hydrogen) atoms. The van der Waals surface area contributed by atoms with Gasteiger partial charge in [0.15, 0.2) is 5.96 Å². The summed E-state index contributed by atoms with van der Waals surface area (Å²) in [6, 6.07) is 12.2. The van der Waals surface area contributed by atoms with Crippen LogP contribution in [0.1, 0.15) is 17.8 Å². The third-order valence-corrected chi connectivity index (χ3v) is 5.97. The summed E-state index contributed by atoms with van der Waals surface area (Å²) in [5.41, 5.74) is 0. The number of thiophene rings is 1. The summed E-state index contributed by atoms with van der Waals surface area (Å²) in [6.07, 6.45) is -0.00992. The van der Waals surface area contributed by atoms with Crippen LogP contribution >= 0.6 is 35.3 Å². The Balaban J connectivity index is 0.00000341. The molecule has 3 rings (SSSR count). The Morgan fingerprint density at radius 1 is 1.13 bits per heavy atom. The number of hydrogen-bond donors (Lipinski definition) is 2. The molecule has 0 aliphatic carbocycles. The molecule has 0 amide bonds.